The molecule has 0 spiro atoms. The van der Waals surface area contributed by atoms with Crippen molar-refractivity contribution in [2.45, 2.75) is 0 Å². The van der Waals surface area contributed by atoms with Crippen molar-refractivity contribution in [3.63, 3.8) is 0 Å². The third-order valence-corrected chi connectivity index (χ3v) is 5.87. The number of benzene rings is 3. The lowest BCUT2D eigenvalue weighted by Crippen LogP contribution is -1.78. The highest BCUT2D eigenvalue weighted by molar-refractivity contribution is 7.18. The second kappa shape index (κ2) is 4.24. The fourth-order valence-corrected chi connectivity index (χ4v) is 4.73. The summed E-state index contributed by atoms with van der Waals surface area (Å²) in [6.45, 7) is 0. The van der Waals surface area contributed by atoms with Gasteiger partial charge in [0.15, 0.2) is 10.3 Å². The minimum absolute atomic E-state index is 0.169. The maximum atomic E-state index is 13.6. The number of halogens is 2. The van der Waals surface area contributed by atoms with Crippen molar-refractivity contribution in [1.29, 1.82) is 0 Å². The van der Waals surface area contributed by atoms with Crippen LogP contribution in [0.15, 0.2) is 48.5 Å². The monoisotopic (exact) mass is 326 g/mol. The third kappa shape index (κ3) is 1.65. The predicted octanol–water partition coefficient (Wildman–Crippen LogP) is 6.70. The van der Waals surface area contributed by atoms with Gasteiger partial charge < -0.3 is 0 Å². The zero-order chi connectivity index (χ0) is 14.8. The highest BCUT2D eigenvalue weighted by Crippen LogP contribution is 2.37. The summed E-state index contributed by atoms with van der Waals surface area (Å²) in [4.78, 5) is 0. The molecule has 0 amide bonds. The summed E-state index contributed by atoms with van der Waals surface area (Å²) in [5, 5.41) is 5.74. The number of hydrogen-bond acceptors (Lipinski definition) is 2. The van der Waals surface area contributed by atoms with Gasteiger partial charge in [0.2, 0.25) is 0 Å². The van der Waals surface area contributed by atoms with E-state index >= 15 is 0 Å². The molecule has 3 aromatic carbocycles. The van der Waals surface area contributed by atoms with Crippen molar-refractivity contribution >= 4 is 64.4 Å². The van der Waals surface area contributed by atoms with Crippen LogP contribution in [0, 0.1) is 10.3 Å². The van der Waals surface area contributed by atoms with Gasteiger partial charge in [-0.1, -0.05) is 12.1 Å². The Morgan fingerprint density at radius 1 is 0.545 bits per heavy atom. The molecule has 0 saturated carbocycles. The minimum atomic E-state index is -0.169. The maximum Gasteiger partial charge on any atom is 0.177 e. The number of hydrogen-bond donors (Lipinski definition) is 0. The van der Waals surface area contributed by atoms with Gasteiger partial charge in [-0.3, -0.25) is 0 Å². The molecule has 0 aliphatic heterocycles. The second-order valence-electron chi connectivity index (χ2n) is 5.35. The number of rotatable bonds is 0. The van der Waals surface area contributed by atoms with E-state index in [-0.39, 0.29) is 10.3 Å². The molecular weight excluding hydrogens is 318 g/mol. The number of thiophene rings is 2. The maximum absolute atomic E-state index is 13.6. The Labute approximate surface area is 132 Å². The van der Waals surface area contributed by atoms with Gasteiger partial charge in [-0.2, -0.15) is 8.78 Å². The predicted molar refractivity (Wildman–Crippen MR) is 92.1 cm³/mol. The van der Waals surface area contributed by atoms with Crippen LogP contribution in [0.5, 0.6) is 0 Å². The smallest absolute Gasteiger partial charge is 0.177 e. The molecule has 0 N–H and O–H groups in total. The summed E-state index contributed by atoms with van der Waals surface area (Å²) in [7, 11) is 0. The average molecular weight is 326 g/mol. The van der Waals surface area contributed by atoms with E-state index in [4.69, 9.17) is 0 Å². The molecule has 0 aliphatic rings. The fraction of sp³-hybridized carbons (Fsp3) is 0. The van der Waals surface area contributed by atoms with Gasteiger partial charge in [0.05, 0.1) is 0 Å². The molecule has 0 radical (unpaired) electrons. The van der Waals surface area contributed by atoms with E-state index < -0.39 is 0 Å². The minimum Gasteiger partial charge on any atom is -0.195 e. The molecule has 0 bridgehead atoms. The molecule has 5 aromatic rings. The van der Waals surface area contributed by atoms with Crippen molar-refractivity contribution in [2.75, 3.05) is 0 Å². The molecule has 0 atom stereocenters. The average Bonchev–Trinajstić information content (AvgIpc) is 3.06. The van der Waals surface area contributed by atoms with Crippen molar-refractivity contribution in [1.82, 2.24) is 0 Å². The first kappa shape index (κ1) is 12.5. The fourth-order valence-electron chi connectivity index (χ4n) is 3.12. The largest absolute Gasteiger partial charge is 0.195 e. The quantitative estimate of drug-likeness (QED) is 0.278. The van der Waals surface area contributed by atoms with Gasteiger partial charge in [-0.05, 0) is 57.9 Å². The highest BCUT2D eigenvalue weighted by atomic mass is 32.1. The highest BCUT2D eigenvalue weighted by Gasteiger charge is 2.10. The molecule has 5 rings (SSSR count). The molecule has 0 nitrogen and oxygen atoms in total. The SMILES string of the molecule is Fc1cc2c(ccc3cc4c(ccc5sc(F)cc54)cc32)s1. The van der Waals surface area contributed by atoms with Crippen LogP contribution in [0.3, 0.4) is 0 Å². The van der Waals surface area contributed by atoms with Gasteiger partial charge in [-0.25, -0.2) is 0 Å². The summed E-state index contributed by atoms with van der Waals surface area (Å²) in [5.41, 5.74) is 0. The van der Waals surface area contributed by atoms with E-state index in [1.807, 2.05) is 24.3 Å². The van der Waals surface area contributed by atoms with Crippen LogP contribution in [0.25, 0.3) is 41.7 Å². The van der Waals surface area contributed by atoms with Crippen molar-refractivity contribution in [2.24, 2.45) is 0 Å². The topological polar surface area (TPSA) is 0 Å². The van der Waals surface area contributed by atoms with Gasteiger partial charge in [-0.15, -0.1) is 22.7 Å². The first-order valence-corrected chi connectivity index (χ1v) is 8.46. The lowest BCUT2D eigenvalue weighted by atomic mass is 9.99. The lowest BCUT2D eigenvalue weighted by molar-refractivity contribution is 0.658. The Morgan fingerprint density at radius 2 is 1.00 bits per heavy atom. The molecule has 0 unspecified atom stereocenters. The Balaban J connectivity index is 2.00. The van der Waals surface area contributed by atoms with E-state index in [9.17, 15) is 8.78 Å². The van der Waals surface area contributed by atoms with Crippen molar-refractivity contribution in [3.05, 3.63) is 58.8 Å². The van der Waals surface area contributed by atoms with Crippen molar-refractivity contribution < 1.29 is 8.78 Å². The standard InChI is InChI=1S/C18H8F2S2/c19-17-7-13-11-6-10-2-4-16-14(8-18(20)22-16)12(10)5-9(11)1-3-15(13)21-17/h1-8H. The molecule has 4 heteroatoms. The zero-order valence-electron chi connectivity index (χ0n) is 11.2. The first-order chi connectivity index (χ1) is 10.7. The van der Waals surface area contributed by atoms with Crippen LogP contribution in [-0.4, -0.2) is 0 Å². The van der Waals surface area contributed by atoms with E-state index in [1.165, 1.54) is 0 Å². The third-order valence-electron chi connectivity index (χ3n) is 4.09. The van der Waals surface area contributed by atoms with Gasteiger partial charge in [0.25, 0.3) is 0 Å². The summed E-state index contributed by atoms with van der Waals surface area (Å²) >= 11 is 2.33. The first-order valence-electron chi connectivity index (χ1n) is 6.83. The Bertz CT molecular complexity index is 1100. The summed E-state index contributed by atoms with van der Waals surface area (Å²) in [6, 6.07) is 15.3. The van der Waals surface area contributed by atoms with Gasteiger partial charge >= 0.3 is 0 Å². The number of fused-ring (bicyclic) bond motifs is 6. The van der Waals surface area contributed by atoms with Crippen molar-refractivity contribution in [3.8, 4) is 0 Å². The summed E-state index contributed by atoms with van der Waals surface area (Å²) < 4.78 is 29.0. The van der Waals surface area contributed by atoms with Gasteiger partial charge in [0.1, 0.15) is 0 Å². The second-order valence-corrected chi connectivity index (χ2v) is 7.42. The lowest BCUT2D eigenvalue weighted by Gasteiger charge is -2.05. The molecular formula is C18H8F2S2. The molecule has 2 heterocycles. The van der Waals surface area contributed by atoms with Crippen LogP contribution in [0.2, 0.25) is 0 Å². The molecule has 0 fully saturated rings. The van der Waals surface area contributed by atoms with Crippen LogP contribution in [-0.2, 0) is 0 Å². The molecule has 0 saturated heterocycles. The Morgan fingerprint density at radius 3 is 1.45 bits per heavy atom. The van der Waals surface area contributed by atoms with E-state index in [2.05, 4.69) is 12.1 Å². The van der Waals surface area contributed by atoms with Crippen LogP contribution in [0.4, 0.5) is 8.78 Å². The van der Waals surface area contributed by atoms with E-state index in [1.54, 1.807) is 12.1 Å². The van der Waals surface area contributed by atoms with Crippen LogP contribution in [0.1, 0.15) is 0 Å². The Kier molecular flexibility index (Phi) is 2.41. The normalized spacial score (nSPS) is 12.1. The van der Waals surface area contributed by atoms with E-state index in [0.717, 1.165) is 64.4 Å². The van der Waals surface area contributed by atoms with Crippen LogP contribution < -0.4 is 0 Å². The zero-order valence-corrected chi connectivity index (χ0v) is 12.8. The summed E-state index contributed by atoms with van der Waals surface area (Å²) in [6.07, 6.45) is 0. The van der Waals surface area contributed by atoms with E-state index in [0.29, 0.717) is 0 Å². The summed E-state index contributed by atoms with van der Waals surface area (Å²) in [5.74, 6) is 0. The Hall–Kier alpha value is -2.04. The molecule has 106 valence electrons. The molecule has 2 aromatic heterocycles. The molecule has 22 heavy (non-hydrogen) atoms. The molecule has 0 aliphatic carbocycles. The van der Waals surface area contributed by atoms with Gasteiger partial charge in [0, 0.05) is 20.2 Å². The van der Waals surface area contributed by atoms with Crippen LogP contribution >= 0.6 is 22.7 Å².